The van der Waals surface area contributed by atoms with Gasteiger partial charge >= 0.3 is 0 Å². The summed E-state index contributed by atoms with van der Waals surface area (Å²) in [7, 11) is 0. The lowest BCUT2D eigenvalue weighted by Gasteiger charge is -2.31. The van der Waals surface area contributed by atoms with Crippen LogP contribution in [0.25, 0.3) is 11.5 Å². The minimum Gasteiger partial charge on any atom is -0.460 e. The van der Waals surface area contributed by atoms with Crippen molar-refractivity contribution in [1.29, 1.82) is 0 Å². The van der Waals surface area contributed by atoms with E-state index in [0.717, 1.165) is 55.6 Å². The van der Waals surface area contributed by atoms with Crippen LogP contribution in [0.5, 0.6) is 0 Å². The summed E-state index contributed by atoms with van der Waals surface area (Å²) in [4.78, 5) is 14.7. The van der Waals surface area contributed by atoms with Gasteiger partial charge in [0, 0.05) is 38.2 Å². The molecule has 0 unspecified atom stereocenters. The van der Waals surface area contributed by atoms with Gasteiger partial charge < -0.3 is 19.2 Å². The van der Waals surface area contributed by atoms with Crippen LogP contribution in [-0.2, 0) is 13.1 Å². The number of nitrogens with zero attached hydrogens (tertiary/aromatic N) is 5. The van der Waals surface area contributed by atoms with Gasteiger partial charge in [-0.15, -0.1) is 22.6 Å². The Morgan fingerprint density at radius 1 is 1.21 bits per heavy atom. The van der Waals surface area contributed by atoms with Crippen LogP contribution in [0.2, 0.25) is 0 Å². The first kappa shape index (κ1) is 19.7. The van der Waals surface area contributed by atoms with Crippen molar-refractivity contribution in [2.75, 3.05) is 19.6 Å². The number of aryl methyl sites for hydroxylation is 1. The average Bonchev–Trinajstić information content (AvgIpc) is 3.46. The van der Waals surface area contributed by atoms with Gasteiger partial charge in [0.25, 0.3) is 5.91 Å². The Kier molecular flexibility index (Phi) is 5.42. The zero-order valence-corrected chi connectivity index (χ0v) is 17.0. The Hall–Kier alpha value is -2.65. The van der Waals surface area contributed by atoms with Crippen molar-refractivity contribution in [2.45, 2.75) is 38.8 Å². The molecule has 0 aliphatic carbocycles. The summed E-state index contributed by atoms with van der Waals surface area (Å²) < 4.78 is 7.83. The number of furan rings is 1. The van der Waals surface area contributed by atoms with E-state index in [0.29, 0.717) is 30.5 Å². The minimum absolute atomic E-state index is 0. The highest BCUT2D eigenvalue weighted by Gasteiger charge is 2.30. The van der Waals surface area contributed by atoms with Crippen molar-refractivity contribution in [3.63, 3.8) is 0 Å². The van der Waals surface area contributed by atoms with Crippen molar-refractivity contribution in [1.82, 2.24) is 35.2 Å². The van der Waals surface area contributed by atoms with Gasteiger partial charge in [0.2, 0.25) is 0 Å². The molecule has 0 spiro atoms. The van der Waals surface area contributed by atoms with Crippen LogP contribution in [-0.4, -0.2) is 55.4 Å². The first-order chi connectivity index (χ1) is 13.7. The van der Waals surface area contributed by atoms with E-state index in [9.17, 15) is 4.79 Å². The summed E-state index contributed by atoms with van der Waals surface area (Å²) in [6.07, 6.45) is 1.79. The summed E-state index contributed by atoms with van der Waals surface area (Å²) >= 11 is 0. The van der Waals surface area contributed by atoms with E-state index in [1.165, 1.54) is 0 Å². The number of rotatable bonds is 3. The second-order valence-electron chi connectivity index (χ2n) is 7.45. The molecule has 2 aliphatic rings. The van der Waals surface area contributed by atoms with Crippen LogP contribution >= 0.6 is 12.4 Å². The van der Waals surface area contributed by atoms with E-state index in [2.05, 4.69) is 30.3 Å². The van der Waals surface area contributed by atoms with Crippen molar-refractivity contribution in [3.05, 3.63) is 41.3 Å². The van der Waals surface area contributed by atoms with E-state index >= 15 is 0 Å². The number of aromatic amines is 1. The van der Waals surface area contributed by atoms with Gasteiger partial charge in [0.15, 0.2) is 11.5 Å². The third-order valence-electron chi connectivity index (χ3n) is 5.60. The van der Waals surface area contributed by atoms with Crippen LogP contribution in [0.4, 0.5) is 0 Å². The lowest BCUT2D eigenvalue weighted by Crippen LogP contribution is -2.39. The van der Waals surface area contributed by atoms with Gasteiger partial charge in [-0.05, 0) is 31.9 Å². The van der Waals surface area contributed by atoms with Gasteiger partial charge in [-0.25, -0.2) is 0 Å². The normalized spacial score (nSPS) is 17.1. The number of carbonyl (C=O) groups is 1. The van der Waals surface area contributed by atoms with Crippen molar-refractivity contribution >= 4 is 18.3 Å². The predicted octanol–water partition coefficient (Wildman–Crippen LogP) is 2.11. The van der Waals surface area contributed by atoms with Crippen LogP contribution in [0, 0.1) is 6.92 Å². The van der Waals surface area contributed by atoms with E-state index in [1.54, 1.807) is 6.07 Å². The fraction of sp³-hybridized carbons (Fsp3) is 0.474. The molecule has 3 aromatic heterocycles. The fourth-order valence-corrected chi connectivity index (χ4v) is 4.06. The quantitative estimate of drug-likeness (QED) is 0.676. The van der Waals surface area contributed by atoms with Crippen molar-refractivity contribution in [3.8, 4) is 11.5 Å². The molecule has 29 heavy (non-hydrogen) atoms. The van der Waals surface area contributed by atoms with E-state index in [1.807, 2.05) is 24.0 Å². The lowest BCUT2D eigenvalue weighted by atomic mass is 9.95. The van der Waals surface area contributed by atoms with E-state index < -0.39 is 0 Å². The Bertz CT molecular complexity index is 1000. The monoisotopic (exact) mass is 417 g/mol. The van der Waals surface area contributed by atoms with Crippen molar-refractivity contribution < 1.29 is 9.21 Å². The third-order valence-corrected chi connectivity index (χ3v) is 5.60. The third kappa shape index (κ3) is 3.67. The molecule has 0 saturated carbocycles. The Morgan fingerprint density at radius 2 is 2.03 bits per heavy atom. The maximum absolute atomic E-state index is 12.8. The number of amides is 1. The molecule has 0 atom stereocenters. The molecule has 1 saturated heterocycles. The molecule has 0 aromatic carbocycles. The number of hydrogen-bond donors (Lipinski definition) is 2. The lowest BCUT2D eigenvalue weighted by molar-refractivity contribution is 0.0704. The predicted molar refractivity (Wildman–Crippen MR) is 108 cm³/mol. The smallest absolute Gasteiger partial charge is 0.274 e. The number of carbonyl (C=O) groups excluding carboxylic acids is 1. The van der Waals surface area contributed by atoms with Gasteiger partial charge in [0.1, 0.15) is 23.1 Å². The zero-order valence-electron chi connectivity index (χ0n) is 16.2. The molecule has 10 heteroatoms. The number of nitrogens with one attached hydrogen (secondary N) is 2. The molecule has 2 N–H and O–H groups in total. The Balaban J connectivity index is 0.00000205. The van der Waals surface area contributed by atoms with E-state index in [4.69, 9.17) is 4.42 Å². The molecular formula is C19H24ClN7O2. The highest BCUT2D eigenvalue weighted by atomic mass is 35.5. The summed E-state index contributed by atoms with van der Waals surface area (Å²) in [5, 5.41) is 19.2. The van der Waals surface area contributed by atoms with Gasteiger partial charge in [-0.2, -0.15) is 5.10 Å². The summed E-state index contributed by atoms with van der Waals surface area (Å²) in [6, 6.07) is 5.52. The Labute approximate surface area is 174 Å². The Morgan fingerprint density at radius 3 is 2.79 bits per heavy atom. The van der Waals surface area contributed by atoms with Crippen LogP contribution < -0.4 is 5.32 Å². The maximum atomic E-state index is 12.8. The van der Waals surface area contributed by atoms with Gasteiger partial charge in [0.05, 0.1) is 6.54 Å². The largest absolute Gasteiger partial charge is 0.460 e. The molecule has 0 radical (unpaired) electrons. The molecule has 154 valence electrons. The molecule has 0 bridgehead atoms. The zero-order chi connectivity index (χ0) is 19.1. The second kappa shape index (κ2) is 8.00. The second-order valence-corrected chi connectivity index (χ2v) is 7.45. The molecular weight excluding hydrogens is 394 g/mol. The molecule has 2 aliphatic heterocycles. The SMILES string of the molecule is Cc1ccc(-c2cc(C(=O)N3CCC(c4nnc5n4CCNC5)CC3)n[nH]2)o1.Cl. The number of H-pyrrole nitrogens is 1. The molecule has 1 fully saturated rings. The van der Waals surface area contributed by atoms with Crippen LogP contribution in [0.3, 0.4) is 0 Å². The molecule has 3 aromatic rings. The summed E-state index contributed by atoms with van der Waals surface area (Å²) in [6.45, 7) is 5.93. The topological polar surface area (TPSA) is 105 Å². The van der Waals surface area contributed by atoms with Crippen LogP contribution in [0.1, 0.15) is 46.7 Å². The summed E-state index contributed by atoms with van der Waals surface area (Å²) in [5.41, 5.74) is 1.14. The molecule has 5 heterocycles. The van der Waals surface area contributed by atoms with Crippen LogP contribution in [0.15, 0.2) is 22.6 Å². The molecule has 9 nitrogen and oxygen atoms in total. The highest BCUT2D eigenvalue weighted by Crippen LogP contribution is 2.29. The number of piperidine rings is 1. The number of hydrogen-bond acceptors (Lipinski definition) is 6. The number of halogens is 1. The first-order valence-electron chi connectivity index (χ1n) is 9.73. The van der Waals surface area contributed by atoms with Gasteiger partial charge in [-0.1, -0.05) is 0 Å². The van der Waals surface area contributed by atoms with E-state index in [-0.39, 0.29) is 18.3 Å². The average molecular weight is 418 g/mol. The van der Waals surface area contributed by atoms with Crippen molar-refractivity contribution in [2.24, 2.45) is 0 Å². The van der Waals surface area contributed by atoms with Gasteiger partial charge in [-0.3, -0.25) is 9.89 Å². The molecule has 1 amide bonds. The number of likely N-dealkylation sites (tertiary alicyclic amines) is 1. The minimum atomic E-state index is -0.0447. The maximum Gasteiger partial charge on any atom is 0.274 e. The molecule has 5 rings (SSSR count). The standard InChI is InChI=1S/C19H23N7O2.ClH/c1-12-2-3-16(28-12)14-10-15(22-21-14)19(27)25-7-4-13(5-8-25)18-24-23-17-11-20-6-9-26(17)18;/h2-3,10,13,20H,4-9,11H2,1H3,(H,21,22);1H. The fourth-order valence-electron chi connectivity index (χ4n) is 4.06. The first-order valence-corrected chi connectivity index (χ1v) is 9.73. The number of fused-ring (bicyclic) bond motifs is 1. The number of aromatic nitrogens is 5. The summed E-state index contributed by atoms with van der Waals surface area (Å²) in [5.74, 6) is 3.90. The highest BCUT2D eigenvalue weighted by molar-refractivity contribution is 5.93.